The van der Waals surface area contributed by atoms with Gasteiger partial charge in [0.15, 0.2) is 0 Å². The van der Waals surface area contributed by atoms with Crippen LogP contribution in [-0.2, 0) is 44.7 Å². The Kier molecular flexibility index (Phi) is 26.2. The van der Waals surface area contributed by atoms with E-state index in [0.29, 0.717) is 38.8 Å². The fourth-order valence-electron chi connectivity index (χ4n) is 4.42. The lowest BCUT2D eigenvalue weighted by atomic mass is 9.98. The molecule has 0 aromatic heterocycles. The van der Waals surface area contributed by atoms with E-state index in [1.807, 2.05) is 13.0 Å². The van der Waals surface area contributed by atoms with E-state index in [2.05, 4.69) is 16.0 Å². The van der Waals surface area contributed by atoms with Crippen LogP contribution in [-0.4, -0.2) is 113 Å². The number of carboxylic acids is 3. The Hall–Kier alpha value is -5.21. The molecule has 2 rings (SSSR count). The quantitative estimate of drug-likeness (QED) is 0.0541. The summed E-state index contributed by atoms with van der Waals surface area (Å²) < 4.78 is 138. The van der Waals surface area contributed by atoms with Crippen LogP contribution in [0.25, 0.3) is 0 Å². The molecule has 15 nitrogen and oxygen atoms in total. The molecule has 61 heavy (non-hydrogen) atoms. The summed E-state index contributed by atoms with van der Waals surface area (Å²) in [6.45, 7) is 3.15. The number of carbonyl (C=O) groups is 7. The van der Waals surface area contributed by atoms with Crippen LogP contribution in [0, 0.1) is 5.92 Å². The summed E-state index contributed by atoms with van der Waals surface area (Å²) in [5.74, 6) is -11.6. The van der Waals surface area contributed by atoms with Crippen LogP contribution in [0.5, 0.6) is 0 Å². The number of ether oxygens (including phenoxy) is 1. The maximum atomic E-state index is 13.2. The van der Waals surface area contributed by atoms with Crippen molar-refractivity contribution in [2.45, 2.75) is 114 Å². The van der Waals surface area contributed by atoms with Gasteiger partial charge in [0.1, 0.15) is 12.1 Å². The molecule has 0 saturated carbocycles. The zero-order chi connectivity index (χ0) is 47.8. The van der Waals surface area contributed by atoms with Crippen molar-refractivity contribution in [2.24, 2.45) is 11.7 Å². The van der Waals surface area contributed by atoms with Crippen molar-refractivity contribution in [1.29, 1.82) is 0 Å². The van der Waals surface area contributed by atoms with Crippen molar-refractivity contribution < 1.29 is 106 Å². The maximum absolute atomic E-state index is 13.2. The first kappa shape index (κ1) is 57.9. The Balaban J connectivity index is 0. The highest BCUT2D eigenvalue weighted by molar-refractivity contribution is 5.94. The van der Waals surface area contributed by atoms with Gasteiger partial charge >= 0.3 is 54.6 Å². The number of carboxylic acid groups (broad SMARTS) is 3. The number of nitrogens with two attached hydrogens (primary N) is 1. The number of aliphatic carboxylic acids is 3. The smallest absolute Gasteiger partial charge is 0.475 e. The number of nitrogens with one attached hydrogen (secondary N) is 3. The predicted molar refractivity (Wildman–Crippen MR) is 184 cm³/mol. The van der Waals surface area contributed by atoms with E-state index < -0.39 is 96.8 Å². The van der Waals surface area contributed by atoms with Crippen molar-refractivity contribution in [3.05, 3.63) is 35.9 Å². The highest BCUT2D eigenvalue weighted by Crippen LogP contribution is 2.23. The second kappa shape index (κ2) is 27.6. The van der Waals surface area contributed by atoms with E-state index >= 15 is 0 Å². The number of amides is 2. The molecule has 1 heterocycles. The third-order valence-corrected chi connectivity index (χ3v) is 7.52. The van der Waals surface area contributed by atoms with Crippen molar-refractivity contribution >= 4 is 41.7 Å². The zero-order valence-corrected chi connectivity index (χ0v) is 31.9. The number of esters is 2. The largest absolute Gasteiger partial charge is 0.490 e. The summed E-state index contributed by atoms with van der Waals surface area (Å²) >= 11 is 0. The number of hydrogen-bond acceptors (Lipinski definition) is 10. The topological polar surface area (TPSA) is 252 Å². The predicted octanol–water partition coefficient (Wildman–Crippen LogP) is 4.81. The standard InChI is InChI=1S/C28H41F3N4O5.3C2HF3O2/c1-2-3-11-23(27(39)40-26(38)20-13-16-33-17-14-20)35-25(37)22(12-7-8-15-28(29,30)31)34-24(36)21(32)18-19-9-5-4-6-10-19;3*3-2(4,5)1(6)7/h4-6,9-10,20-23,33H,2-3,7-8,11-18,32H2,1H3,(H,34,36)(H,35,37);3*(H,6,7)/t21-,22-,23?;;;/m1.../s1. The van der Waals surface area contributed by atoms with Gasteiger partial charge in [-0.1, -0.05) is 56.5 Å². The molecule has 2 amide bonds. The Morgan fingerprint density at radius 3 is 1.54 bits per heavy atom. The normalized spacial score (nSPS) is 14.7. The number of benzene rings is 1. The summed E-state index contributed by atoms with van der Waals surface area (Å²) in [5, 5.41) is 29.6. The number of rotatable bonds is 15. The molecule has 27 heteroatoms. The minimum absolute atomic E-state index is 0.00404. The molecule has 0 radical (unpaired) electrons. The average Bonchev–Trinajstić information content (AvgIpc) is 3.14. The van der Waals surface area contributed by atoms with E-state index in [9.17, 15) is 71.9 Å². The molecule has 350 valence electrons. The highest BCUT2D eigenvalue weighted by atomic mass is 19.4. The summed E-state index contributed by atoms with van der Waals surface area (Å²) in [6.07, 6.45) is -18.2. The Morgan fingerprint density at radius 2 is 1.13 bits per heavy atom. The SMILES string of the molecule is CCCCC(NC(=O)[C@@H](CCCCC(F)(F)F)NC(=O)[C@H](N)Cc1ccccc1)C(=O)OC(=O)C1CCNCC1.O=C(O)C(F)(F)F.O=C(O)C(F)(F)F.O=C(O)C(F)(F)F. The maximum Gasteiger partial charge on any atom is 0.490 e. The minimum Gasteiger partial charge on any atom is -0.475 e. The lowest BCUT2D eigenvalue weighted by Gasteiger charge is -2.25. The Labute approximate surface area is 338 Å². The molecule has 1 aliphatic rings. The van der Waals surface area contributed by atoms with E-state index in [-0.39, 0.29) is 32.1 Å². The fraction of sp³-hybridized carbons (Fsp3) is 0.618. The molecule has 8 N–H and O–H groups in total. The third kappa shape index (κ3) is 28.8. The lowest BCUT2D eigenvalue weighted by molar-refractivity contribution is -0.193. The van der Waals surface area contributed by atoms with Crippen LogP contribution in [0.4, 0.5) is 52.7 Å². The van der Waals surface area contributed by atoms with Gasteiger partial charge in [-0.2, -0.15) is 52.7 Å². The fourth-order valence-corrected chi connectivity index (χ4v) is 4.42. The van der Waals surface area contributed by atoms with Gasteiger partial charge < -0.3 is 41.7 Å². The molecule has 3 atom stereocenters. The summed E-state index contributed by atoms with van der Waals surface area (Å²) in [6, 6.07) is 5.62. The first-order chi connectivity index (χ1) is 27.8. The van der Waals surface area contributed by atoms with Crippen molar-refractivity contribution in [3.8, 4) is 0 Å². The lowest BCUT2D eigenvalue weighted by Crippen LogP contribution is -2.55. The number of carbonyl (C=O) groups excluding carboxylic acids is 4. The molecule has 0 aliphatic carbocycles. The van der Waals surface area contributed by atoms with Gasteiger partial charge in [-0.15, -0.1) is 0 Å². The van der Waals surface area contributed by atoms with Crippen LogP contribution in [0.1, 0.15) is 70.3 Å². The van der Waals surface area contributed by atoms with E-state index in [4.69, 9.17) is 40.2 Å². The minimum atomic E-state index is -5.08. The molecule has 1 fully saturated rings. The van der Waals surface area contributed by atoms with Crippen LogP contribution >= 0.6 is 0 Å². The molecule has 1 saturated heterocycles. The van der Waals surface area contributed by atoms with Crippen molar-refractivity contribution in [3.63, 3.8) is 0 Å². The highest BCUT2D eigenvalue weighted by Gasteiger charge is 2.40. The van der Waals surface area contributed by atoms with Crippen LogP contribution in [0.2, 0.25) is 0 Å². The number of unbranched alkanes of at least 4 members (excludes halogenated alkanes) is 2. The second-order valence-electron chi connectivity index (χ2n) is 12.6. The first-order valence-electron chi connectivity index (χ1n) is 17.7. The third-order valence-electron chi connectivity index (χ3n) is 7.52. The molecule has 1 aliphatic heterocycles. The van der Waals surface area contributed by atoms with Gasteiger partial charge in [0.25, 0.3) is 0 Å². The molecule has 1 aromatic carbocycles. The Morgan fingerprint density at radius 1 is 0.705 bits per heavy atom. The monoisotopic (exact) mass is 912 g/mol. The van der Waals surface area contributed by atoms with Gasteiger partial charge in [-0.3, -0.25) is 14.4 Å². The van der Waals surface area contributed by atoms with E-state index in [1.54, 1.807) is 24.3 Å². The molecule has 1 unspecified atom stereocenters. The van der Waals surface area contributed by atoms with Crippen LogP contribution in [0.3, 0.4) is 0 Å². The van der Waals surface area contributed by atoms with Crippen molar-refractivity contribution in [1.82, 2.24) is 16.0 Å². The summed E-state index contributed by atoms with van der Waals surface area (Å²) in [7, 11) is 0. The number of hydrogen-bond donors (Lipinski definition) is 7. The van der Waals surface area contributed by atoms with Gasteiger partial charge in [-0.05, 0) is 57.2 Å². The second-order valence-corrected chi connectivity index (χ2v) is 12.6. The number of halogens is 12. The van der Waals surface area contributed by atoms with E-state index in [0.717, 1.165) is 5.56 Å². The summed E-state index contributed by atoms with van der Waals surface area (Å²) in [4.78, 5) is 78.1. The average molecular weight is 913 g/mol. The van der Waals surface area contributed by atoms with Crippen molar-refractivity contribution in [2.75, 3.05) is 13.1 Å². The van der Waals surface area contributed by atoms with E-state index in [1.165, 1.54) is 0 Å². The molecular weight excluding hydrogens is 868 g/mol. The van der Waals surface area contributed by atoms with Crippen LogP contribution in [0.15, 0.2) is 30.3 Å². The van der Waals surface area contributed by atoms with Gasteiger partial charge in [-0.25, -0.2) is 19.2 Å². The van der Waals surface area contributed by atoms with Gasteiger partial charge in [0, 0.05) is 6.42 Å². The molecule has 1 aromatic rings. The number of alkyl halides is 12. The molecule has 0 spiro atoms. The molecule has 0 bridgehead atoms. The molecular formula is C34H44F12N4O11. The zero-order valence-electron chi connectivity index (χ0n) is 31.9. The first-order valence-corrected chi connectivity index (χ1v) is 17.7. The summed E-state index contributed by atoms with van der Waals surface area (Å²) in [5.41, 5.74) is 6.84. The Bertz CT molecular complexity index is 1480. The van der Waals surface area contributed by atoms with Crippen LogP contribution < -0.4 is 21.7 Å². The van der Waals surface area contributed by atoms with Gasteiger partial charge in [0.2, 0.25) is 11.8 Å². The van der Waals surface area contributed by atoms with Gasteiger partial charge in [0.05, 0.1) is 12.0 Å². The number of piperidine rings is 1.